The summed E-state index contributed by atoms with van der Waals surface area (Å²) in [6, 6.07) is 0. The van der Waals surface area contributed by atoms with Gasteiger partial charge in [0.2, 0.25) is 0 Å². The van der Waals surface area contributed by atoms with Gasteiger partial charge < -0.3 is 4.90 Å². The van der Waals surface area contributed by atoms with Crippen LogP contribution >= 0.6 is 0 Å². The zero-order chi connectivity index (χ0) is 11.7. The summed E-state index contributed by atoms with van der Waals surface area (Å²) in [5, 5.41) is 0. The highest BCUT2D eigenvalue weighted by molar-refractivity contribution is 4.88. The molecule has 0 unspecified atom stereocenters. The Morgan fingerprint density at radius 3 is 2.00 bits per heavy atom. The summed E-state index contributed by atoms with van der Waals surface area (Å²) in [6.07, 6.45) is -3.57. The highest BCUT2D eigenvalue weighted by atomic mass is 19.4. The van der Waals surface area contributed by atoms with E-state index in [1.54, 1.807) is 0 Å². The van der Waals surface area contributed by atoms with Crippen molar-refractivity contribution in [3.63, 3.8) is 0 Å². The number of alkyl halides is 3. The van der Waals surface area contributed by atoms with Gasteiger partial charge in [0.25, 0.3) is 0 Å². The van der Waals surface area contributed by atoms with Crippen molar-refractivity contribution in [2.75, 3.05) is 19.6 Å². The van der Waals surface area contributed by atoms with Crippen LogP contribution in [0.5, 0.6) is 0 Å². The first kappa shape index (κ1) is 12.8. The van der Waals surface area contributed by atoms with Crippen molar-refractivity contribution in [3.05, 3.63) is 0 Å². The quantitative estimate of drug-likeness (QED) is 0.694. The van der Waals surface area contributed by atoms with Crippen molar-refractivity contribution < 1.29 is 13.2 Å². The van der Waals surface area contributed by atoms with E-state index in [4.69, 9.17) is 0 Å². The lowest BCUT2D eigenvalue weighted by Gasteiger charge is -2.40. The van der Waals surface area contributed by atoms with E-state index in [-0.39, 0.29) is 12.8 Å². The van der Waals surface area contributed by atoms with Crippen LogP contribution in [0.25, 0.3) is 0 Å². The maximum atomic E-state index is 12.7. The Bertz CT molecular complexity index is 202. The van der Waals surface area contributed by atoms with Crippen LogP contribution in [0, 0.1) is 11.3 Å². The lowest BCUT2D eigenvalue weighted by Crippen LogP contribution is -2.46. The largest absolute Gasteiger partial charge is 0.394 e. The van der Waals surface area contributed by atoms with Gasteiger partial charge in [0, 0.05) is 6.54 Å². The molecule has 1 rings (SSSR count). The fraction of sp³-hybridized carbons (Fsp3) is 1.00. The van der Waals surface area contributed by atoms with Gasteiger partial charge >= 0.3 is 6.18 Å². The minimum atomic E-state index is -4.04. The molecule has 0 atom stereocenters. The Kier molecular flexibility index (Phi) is 3.69. The predicted molar refractivity (Wildman–Crippen MR) is 54.7 cm³/mol. The summed E-state index contributed by atoms with van der Waals surface area (Å²) in [7, 11) is 0. The molecule has 1 nitrogen and oxygen atoms in total. The molecular weight excluding hydrogens is 203 g/mol. The van der Waals surface area contributed by atoms with Crippen LogP contribution in [0.3, 0.4) is 0 Å². The third-order valence-corrected chi connectivity index (χ3v) is 3.27. The van der Waals surface area contributed by atoms with E-state index in [0.29, 0.717) is 19.0 Å². The van der Waals surface area contributed by atoms with E-state index in [0.717, 1.165) is 6.54 Å². The predicted octanol–water partition coefficient (Wildman–Crippen LogP) is 3.31. The van der Waals surface area contributed by atoms with E-state index in [2.05, 4.69) is 18.7 Å². The van der Waals surface area contributed by atoms with Crippen molar-refractivity contribution in [1.29, 1.82) is 0 Å². The summed E-state index contributed by atoms with van der Waals surface area (Å²) in [5.74, 6) is 0.528. The number of nitrogens with zero attached hydrogens (tertiary/aromatic N) is 1. The molecule has 1 aliphatic heterocycles. The number of likely N-dealkylation sites (tertiary alicyclic amines) is 1. The summed E-state index contributed by atoms with van der Waals surface area (Å²) in [5.41, 5.74) is -1.46. The third-order valence-electron chi connectivity index (χ3n) is 3.27. The molecule has 0 saturated carbocycles. The van der Waals surface area contributed by atoms with Gasteiger partial charge in [-0.3, -0.25) is 0 Å². The van der Waals surface area contributed by atoms with Crippen molar-refractivity contribution in [3.8, 4) is 0 Å². The molecule has 0 radical (unpaired) electrons. The minimum absolute atomic E-state index is 0.239. The molecule has 0 aliphatic carbocycles. The topological polar surface area (TPSA) is 3.24 Å². The van der Waals surface area contributed by atoms with Crippen molar-refractivity contribution >= 4 is 0 Å². The first-order valence-electron chi connectivity index (χ1n) is 5.54. The average molecular weight is 223 g/mol. The highest BCUT2D eigenvalue weighted by Crippen LogP contribution is 2.45. The molecule has 1 aliphatic rings. The fourth-order valence-electron chi connectivity index (χ4n) is 2.03. The summed E-state index contributed by atoms with van der Waals surface area (Å²) < 4.78 is 38.1. The highest BCUT2D eigenvalue weighted by Gasteiger charge is 2.51. The number of hydrogen-bond donors (Lipinski definition) is 0. The van der Waals surface area contributed by atoms with Gasteiger partial charge in [0.1, 0.15) is 0 Å². The number of piperidine rings is 1. The molecular formula is C11H20F3N. The van der Waals surface area contributed by atoms with Gasteiger partial charge in [0.15, 0.2) is 0 Å². The first-order chi connectivity index (χ1) is 6.74. The van der Waals surface area contributed by atoms with Crippen LogP contribution in [0.15, 0.2) is 0 Å². The normalized spacial score (nSPS) is 23.4. The Morgan fingerprint density at radius 2 is 1.67 bits per heavy atom. The molecule has 1 heterocycles. The number of rotatable bonds is 2. The van der Waals surface area contributed by atoms with Gasteiger partial charge in [0.05, 0.1) is 5.41 Å². The molecule has 0 amide bonds. The van der Waals surface area contributed by atoms with Crippen molar-refractivity contribution in [2.45, 2.75) is 39.8 Å². The lowest BCUT2D eigenvalue weighted by molar-refractivity contribution is -0.231. The maximum Gasteiger partial charge on any atom is 0.394 e. The lowest BCUT2D eigenvalue weighted by atomic mass is 9.79. The zero-order valence-electron chi connectivity index (χ0n) is 9.69. The molecule has 0 spiro atoms. The summed E-state index contributed by atoms with van der Waals surface area (Å²) in [6.45, 7) is 7.60. The van der Waals surface area contributed by atoms with Gasteiger partial charge in [-0.05, 0) is 31.8 Å². The van der Waals surface area contributed by atoms with Crippen LogP contribution in [-0.2, 0) is 0 Å². The summed E-state index contributed by atoms with van der Waals surface area (Å²) >= 11 is 0. The second kappa shape index (κ2) is 4.32. The monoisotopic (exact) mass is 223 g/mol. The second-order valence-corrected chi connectivity index (χ2v) is 5.25. The standard InChI is InChI=1S/C11H20F3N/c1-9(2)8-15-6-4-10(3,5-7-15)11(12,13)14/h9H,4-8H2,1-3H3. The fourth-order valence-corrected chi connectivity index (χ4v) is 2.03. The molecule has 90 valence electrons. The van der Waals surface area contributed by atoms with E-state index in [1.807, 2.05) is 0 Å². The Hall–Kier alpha value is -0.250. The molecule has 0 aromatic rings. The molecule has 4 heteroatoms. The third kappa shape index (κ3) is 3.10. The van der Waals surface area contributed by atoms with Crippen LogP contribution in [0.1, 0.15) is 33.6 Å². The number of halogens is 3. The zero-order valence-corrected chi connectivity index (χ0v) is 9.69. The molecule has 1 fully saturated rings. The summed E-state index contributed by atoms with van der Waals surface area (Å²) in [4.78, 5) is 2.14. The number of hydrogen-bond acceptors (Lipinski definition) is 1. The molecule has 15 heavy (non-hydrogen) atoms. The molecule has 1 saturated heterocycles. The van der Waals surface area contributed by atoms with Gasteiger partial charge in [-0.25, -0.2) is 0 Å². The molecule has 0 N–H and O–H groups in total. The molecule has 0 aromatic heterocycles. The Labute approximate surface area is 89.6 Å². The smallest absolute Gasteiger partial charge is 0.303 e. The Morgan fingerprint density at radius 1 is 1.20 bits per heavy atom. The van der Waals surface area contributed by atoms with Crippen LogP contribution in [-0.4, -0.2) is 30.7 Å². The first-order valence-corrected chi connectivity index (χ1v) is 5.54. The van der Waals surface area contributed by atoms with E-state index in [9.17, 15) is 13.2 Å². The maximum absolute atomic E-state index is 12.7. The van der Waals surface area contributed by atoms with E-state index in [1.165, 1.54) is 6.92 Å². The van der Waals surface area contributed by atoms with Crippen LogP contribution in [0.2, 0.25) is 0 Å². The molecule has 0 aromatic carbocycles. The second-order valence-electron chi connectivity index (χ2n) is 5.25. The average Bonchev–Trinajstić information content (AvgIpc) is 2.06. The van der Waals surface area contributed by atoms with Crippen LogP contribution in [0.4, 0.5) is 13.2 Å². The van der Waals surface area contributed by atoms with E-state index >= 15 is 0 Å². The minimum Gasteiger partial charge on any atom is -0.303 e. The van der Waals surface area contributed by atoms with Crippen molar-refractivity contribution in [1.82, 2.24) is 4.90 Å². The van der Waals surface area contributed by atoms with Gasteiger partial charge in [-0.2, -0.15) is 13.2 Å². The molecule has 0 bridgehead atoms. The van der Waals surface area contributed by atoms with Gasteiger partial charge in [-0.1, -0.05) is 20.8 Å². The van der Waals surface area contributed by atoms with Crippen LogP contribution < -0.4 is 0 Å². The van der Waals surface area contributed by atoms with E-state index < -0.39 is 11.6 Å². The Balaban J connectivity index is 2.48. The van der Waals surface area contributed by atoms with Crippen molar-refractivity contribution in [2.24, 2.45) is 11.3 Å². The SMILES string of the molecule is CC(C)CN1CCC(C)(C(F)(F)F)CC1. The van der Waals surface area contributed by atoms with Gasteiger partial charge in [-0.15, -0.1) is 0 Å².